The number of halogens is 1. The molecule has 1 fully saturated rings. The molecule has 1 saturated heterocycles. The average Bonchev–Trinajstić information content (AvgIpc) is 2.69. The second-order valence-corrected chi connectivity index (χ2v) is 7.14. The van der Waals surface area contributed by atoms with Crippen molar-refractivity contribution >= 4 is 23.3 Å². The number of hydrogen-bond acceptors (Lipinski definition) is 3. The van der Waals surface area contributed by atoms with Gasteiger partial charge in [-0.15, -0.1) is 0 Å². The first-order chi connectivity index (χ1) is 13.5. The van der Waals surface area contributed by atoms with Crippen molar-refractivity contribution < 1.29 is 18.8 Å². The number of hydrogen-bond donors (Lipinski definition) is 2. The van der Waals surface area contributed by atoms with Crippen molar-refractivity contribution in [2.45, 2.75) is 18.8 Å². The van der Waals surface area contributed by atoms with Gasteiger partial charge in [-0.05, 0) is 29.8 Å². The van der Waals surface area contributed by atoms with E-state index in [1.807, 2.05) is 36.4 Å². The van der Waals surface area contributed by atoms with E-state index in [4.69, 9.17) is 0 Å². The Labute approximate surface area is 161 Å². The van der Waals surface area contributed by atoms with Crippen LogP contribution in [0, 0.1) is 17.7 Å². The molecule has 2 aliphatic rings. The minimum Gasteiger partial charge on any atom is -0.329 e. The van der Waals surface area contributed by atoms with Crippen LogP contribution in [0.3, 0.4) is 0 Å². The highest BCUT2D eigenvalue weighted by Gasteiger charge is 2.44. The van der Waals surface area contributed by atoms with Gasteiger partial charge in [0.05, 0.1) is 11.8 Å². The van der Waals surface area contributed by atoms with Crippen molar-refractivity contribution in [2.75, 3.05) is 5.32 Å². The number of piperidine rings is 1. The lowest BCUT2D eigenvalue weighted by molar-refractivity contribution is -0.136. The zero-order valence-electron chi connectivity index (χ0n) is 15.0. The van der Waals surface area contributed by atoms with E-state index >= 15 is 0 Å². The fourth-order valence-electron chi connectivity index (χ4n) is 3.91. The summed E-state index contributed by atoms with van der Waals surface area (Å²) in [7, 11) is 0. The van der Waals surface area contributed by atoms with Gasteiger partial charge < -0.3 is 10.6 Å². The first-order valence-electron chi connectivity index (χ1n) is 9.17. The molecular weight excluding hydrogens is 359 g/mol. The summed E-state index contributed by atoms with van der Waals surface area (Å²) < 4.78 is 13.1. The van der Waals surface area contributed by atoms with Gasteiger partial charge in [0.2, 0.25) is 11.8 Å². The summed E-state index contributed by atoms with van der Waals surface area (Å²) in [6.07, 6.45) is 2.11. The monoisotopic (exact) mass is 378 g/mol. The molecule has 0 aromatic heterocycles. The van der Waals surface area contributed by atoms with Crippen molar-refractivity contribution in [3.05, 3.63) is 77.8 Å². The summed E-state index contributed by atoms with van der Waals surface area (Å²) in [6, 6.07) is 15.0. The average molecular weight is 378 g/mol. The molecule has 142 valence electrons. The fraction of sp³-hybridized carbons (Fsp3) is 0.227. The summed E-state index contributed by atoms with van der Waals surface area (Å²) in [5, 5.41) is 5.47. The van der Waals surface area contributed by atoms with Crippen LogP contribution in [0.2, 0.25) is 0 Å². The number of rotatable bonds is 3. The summed E-state index contributed by atoms with van der Waals surface area (Å²) in [5.41, 5.74) is 1.92. The van der Waals surface area contributed by atoms with Gasteiger partial charge in [-0.25, -0.2) is 4.39 Å². The van der Waals surface area contributed by atoms with Crippen LogP contribution in [0.15, 0.2) is 66.4 Å². The van der Waals surface area contributed by atoms with Crippen LogP contribution < -0.4 is 10.6 Å². The van der Waals surface area contributed by atoms with Crippen LogP contribution >= 0.6 is 0 Å². The van der Waals surface area contributed by atoms with E-state index in [1.54, 1.807) is 0 Å². The molecule has 1 aliphatic heterocycles. The number of benzene rings is 2. The molecule has 0 bridgehead atoms. The van der Waals surface area contributed by atoms with Crippen LogP contribution in [0.25, 0.3) is 0 Å². The predicted octanol–water partition coefficient (Wildman–Crippen LogP) is 3.16. The summed E-state index contributed by atoms with van der Waals surface area (Å²) >= 11 is 0. The van der Waals surface area contributed by atoms with Crippen LogP contribution in [0.1, 0.15) is 24.3 Å². The summed E-state index contributed by atoms with van der Waals surface area (Å²) in [6.45, 7) is 0. The van der Waals surface area contributed by atoms with Crippen molar-refractivity contribution in [1.29, 1.82) is 0 Å². The van der Waals surface area contributed by atoms with Gasteiger partial charge in [-0.1, -0.05) is 36.4 Å². The van der Waals surface area contributed by atoms with E-state index in [2.05, 4.69) is 10.6 Å². The number of nitrogens with one attached hydrogen (secondary N) is 2. The molecule has 0 unspecified atom stereocenters. The lowest BCUT2D eigenvalue weighted by Crippen LogP contribution is -2.48. The smallest absolute Gasteiger partial charge is 0.229 e. The Morgan fingerprint density at radius 3 is 2.43 bits per heavy atom. The Bertz CT molecular complexity index is 954. The SMILES string of the molecule is O=C1C[C@H](C(=O)Nc2ccc(F)cc2)[C@H]2C(=O)C[C@@H](c3ccccc3)C=C2N1. The molecule has 2 amide bonds. The van der Waals surface area contributed by atoms with Gasteiger partial charge in [0.25, 0.3) is 0 Å². The molecule has 1 heterocycles. The molecule has 2 N–H and O–H groups in total. The summed E-state index contributed by atoms with van der Waals surface area (Å²) in [5.74, 6) is -2.75. The zero-order valence-corrected chi connectivity index (χ0v) is 15.0. The molecule has 4 rings (SSSR count). The number of Topliss-reactive ketones (excluding diaryl/α,β-unsaturated/α-hetero) is 1. The van der Waals surface area contributed by atoms with Gasteiger partial charge >= 0.3 is 0 Å². The van der Waals surface area contributed by atoms with E-state index < -0.39 is 23.6 Å². The number of amides is 2. The molecule has 0 radical (unpaired) electrons. The number of ketones is 1. The first kappa shape index (κ1) is 18.1. The highest BCUT2D eigenvalue weighted by atomic mass is 19.1. The Morgan fingerprint density at radius 2 is 1.71 bits per heavy atom. The molecule has 3 atom stereocenters. The first-order valence-corrected chi connectivity index (χ1v) is 9.17. The lowest BCUT2D eigenvalue weighted by Gasteiger charge is -2.36. The number of allylic oxidation sites excluding steroid dienone is 2. The van der Waals surface area contributed by atoms with Crippen LogP contribution in [0.5, 0.6) is 0 Å². The van der Waals surface area contributed by atoms with Gasteiger partial charge in [-0.2, -0.15) is 0 Å². The Kier molecular flexibility index (Phi) is 4.77. The minimum atomic E-state index is -0.783. The predicted molar refractivity (Wildman–Crippen MR) is 102 cm³/mol. The maximum Gasteiger partial charge on any atom is 0.229 e. The normalized spacial score (nSPS) is 24.0. The third-order valence-corrected chi connectivity index (χ3v) is 5.25. The highest BCUT2D eigenvalue weighted by Crippen LogP contribution is 2.38. The number of carbonyl (C=O) groups excluding carboxylic acids is 3. The Morgan fingerprint density at radius 1 is 1.00 bits per heavy atom. The van der Waals surface area contributed by atoms with E-state index in [9.17, 15) is 18.8 Å². The fourth-order valence-corrected chi connectivity index (χ4v) is 3.91. The van der Waals surface area contributed by atoms with Crippen LogP contribution in [-0.2, 0) is 14.4 Å². The van der Waals surface area contributed by atoms with E-state index in [0.717, 1.165) is 5.56 Å². The second kappa shape index (κ2) is 7.38. The molecule has 2 aromatic carbocycles. The molecule has 1 aliphatic carbocycles. The molecular formula is C22H19FN2O3. The lowest BCUT2D eigenvalue weighted by atomic mass is 9.72. The number of anilines is 1. The van der Waals surface area contributed by atoms with Crippen molar-refractivity contribution in [1.82, 2.24) is 5.32 Å². The molecule has 0 saturated carbocycles. The maximum atomic E-state index is 13.1. The van der Waals surface area contributed by atoms with E-state index in [0.29, 0.717) is 11.4 Å². The molecule has 28 heavy (non-hydrogen) atoms. The quantitative estimate of drug-likeness (QED) is 0.862. The molecule has 5 nitrogen and oxygen atoms in total. The van der Waals surface area contributed by atoms with Gasteiger partial charge in [-0.3, -0.25) is 14.4 Å². The summed E-state index contributed by atoms with van der Waals surface area (Å²) in [4.78, 5) is 37.9. The number of fused-ring (bicyclic) bond motifs is 1. The van der Waals surface area contributed by atoms with Crippen molar-refractivity contribution in [2.24, 2.45) is 11.8 Å². The number of carbonyl (C=O) groups is 3. The van der Waals surface area contributed by atoms with Crippen molar-refractivity contribution in [3.8, 4) is 0 Å². The molecule has 2 aromatic rings. The third kappa shape index (κ3) is 3.58. The van der Waals surface area contributed by atoms with Crippen molar-refractivity contribution in [3.63, 3.8) is 0 Å². The third-order valence-electron chi connectivity index (χ3n) is 5.25. The van der Waals surface area contributed by atoms with Gasteiger partial charge in [0.15, 0.2) is 0 Å². The minimum absolute atomic E-state index is 0.0588. The van der Waals surface area contributed by atoms with Crippen LogP contribution in [-0.4, -0.2) is 17.6 Å². The van der Waals surface area contributed by atoms with E-state index in [-0.39, 0.29) is 30.4 Å². The highest BCUT2D eigenvalue weighted by molar-refractivity contribution is 6.02. The molecule has 6 heteroatoms. The van der Waals surface area contributed by atoms with Gasteiger partial charge in [0.1, 0.15) is 11.6 Å². The van der Waals surface area contributed by atoms with Crippen LogP contribution in [0.4, 0.5) is 10.1 Å². The Hall–Kier alpha value is -3.28. The largest absolute Gasteiger partial charge is 0.329 e. The Balaban J connectivity index is 1.59. The maximum absolute atomic E-state index is 13.1. The van der Waals surface area contributed by atoms with E-state index in [1.165, 1.54) is 24.3 Å². The second-order valence-electron chi connectivity index (χ2n) is 7.14. The standard InChI is InChI=1S/C22H19FN2O3/c23-15-6-8-16(9-7-15)24-22(28)17-12-20(27)25-18-10-14(11-19(26)21(17)18)13-4-2-1-3-5-13/h1-10,14,17,21H,11-12H2,(H,24,28)(H,25,27)/t14-,17-,21+/m0/s1. The zero-order chi connectivity index (χ0) is 19.7. The molecule has 0 spiro atoms. The van der Waals surface area contributed by atoms with Gasteiger partial charge in [0, 0.05) is 30.1 Å². The topological polar surface area (TPSA) is 75.3 Å².